The van der Waals surface area contributed by atoms with E-state index in [1.807, 2.05) is 0 Å². The summed E-state index contributed by atoms with van der Waals surface area (Å²) in [6.07, 6.45) is 0. The number of hydrogen-bond acceptors (Lipinski definition) is 4. The van der Waals surface area contributed by atoms with Gasteiger partial charge in [0.05, 0.1) is 15.6 Å². The highest BCUT2D eigenvalue weighted by Gasteiger charge is 2.20. The Labute approximate surface area is 178 Å². The molecule has 0 heterocycles. The van der Waals surface area contributed by atoms with E-state index in [1.54, 1.807) is 42.5 Å². The molecule has 0 aliphatic carbocycles. The number of ether oxygens (including phenoxy) is 1. The third-order valence-corrected chi connectivity index (χ3v) is 6.26. The average Bonchev–Trinajstić information content (AvgIpc) is 2.75. The first-order valence-corrected chi connectivity index (χ1v) is 10.6. The van der Waals surface area contributed by atoms with Crippen molar-refractivity contribution < 1.29 is 22.3 Å². The summed E-state index contributed by atoms with van der Waals surface area (Å²) in [4.78, 5) is 12.2. The molecule has 0 bridgehead atoms. The first-order chi connectivity index (χ1) is 14.3. The maximum Gasteiger partial charge on any atom is 0.264 e. The van der Waals surface area contributed by atoms with E-state index in [2.05, 4.69) is 5.32 Å². The lowest BCUT2D eigenvalue weighted by atomic mass is 10.3. The van der Waals surface area contributed by atoms with E-state index >= 15 is 0 Å². The van der Waals surface area contributed by atoms with Crippen LogP contribution in [0.25, 0.3) is 0 Å². The fraction of sp³-hybridized carbons (Fsp3) is 0.0952. The van der Waals surface area contributed by atoms with Gasteiger partial charge in [-0.15, -0.1) is 0 Å². The lowest BCUT2D eigenvalue weighted by molar-refractivity contribution is -0.118. The van der Waals surface area contributed by atoms with Gasteiger partial charge in [-0.1, -0.05) is 29.8 Å². The number of hydrogen-bond donors (Lipinski definition) is 1. The van der Waals surface area contributed by atoms with Crippen LogP contribution in [-0.4, -0.2) is 28.0 Å². The zero-order valence-electron chi connectivity index (χ0n) is 15.9. The topological polar surface area (TPSA) is 75.7 Å². The number of nitrogens with one attached hydrogen (secondary N) is 1. The van der Waals surface area contributed by atoms with Crippen LogP contribution in [0, 0.1) is 5.82 Å². The van der Waals surface area contributed by atoms with Crippen molar-refractivity contribution in [3.63, 3.8) is 0 Å². The molecule has 0 saturated carbocycles. The zero-order valence-corrected chi connectivity index (χ0v) is 17.5. The van der Waals surface area contributed by atoms with Crippen LogP contribution in [0.2, 0.25) is 5.02 Å². The van der Waals surface area contributed by atoms with Crippen molar-refractivity contribution in [2.24, 2.45) is 0 Å². The molecule has 0 aliphatic rings. The molecule has 6 nitrogen and oxygen atoms in total. The van der Waals surface area contributed by atoms with Gasteiger partial charge in [-0.05, 0) is 54.6 Å². The molecule has 9 heteroatoms. The molecule has 3 aromatic carbocycles. The van der Waals surface area contributed by atoms with Gasteiger partial charge in [0.25, 0.3) is 15.9 Å². The molecule has 0 radical (unpaired) electrons. The average molecular weight is 449 g/mol. The van der Waals surface area contributed by atoms with Crippen LogP contribution < -0.4 is 14.4 Å². The largest absolute Gasteiger partial charge is 0.484 e. The molecule has 0 spiro atoms. The number of sulfonamides is 1. The number of rotatable bonds is 7. The van der Waals surface area contributed by atoms with E-state index in [0.717, 1.165) is 10.4 Å². The second-order valence-corrected chi connectivity index (χ2v) is 8.62. The standard InChI is InChI=1S/C21H18ClFN2O4S/c1-25(30(27,28)18-5-3-2-4-6-18)16-8-10-17(11-9-16)29-14-21(26)24-15-7-12-20(23)19(22)13-15/h2-13H,14H2,1H3,(H,24,26). The zero-order chi connectivity index (χ0) is 21.7. The SMILES string of the molecule is CN(c1ccc(OCC(=O)Nc2ccc(F)c(Cl)c2)cc1)S(=O)(=O)c1ccccc1. The third kappa shape index (κ3) is 5.08. The minimum absolute atomic E-state index is 0.0983. The maximum atomic E-state index is 13.2. The summed E-state index contributed by atoms with van der Waals surface area (Å²) in [6, 6.07) is 18.2. The highest BCUT2D eigenvalue weighted by molar-refractivity contribution is 7.92. The molecule has 1 N–H and O–H groups in total. The second kappa shape index (κ2) is 9.15. The van der Waals surface area contributed by atoms with E-state index in [-0.39, 0.29) is 16.5 Å². The maximum absolute atomic E-state index is 13.2. The van der Waals surface area contributed by atoms with Gasteiger partial charge >= 0.3 is 0 Å². The fourth-order valence-corrected chi connectivity index (χ4v) is 3.96. The molecule has 0 unspecified atom stereocenters. The molecule has 30 heavy (non-hydrogen) atoms. The minimum atomic E-state index is -3.68. The van der Waals surface area contributed by atoms with Crippen LogP contribution in [0.15, 0.2) is 77.7 Å². The van der Waals surface area contributed by atoms with Crippen molar-refractivity contribution in [3.8, 4) is 5.75 Å². The monoisotopic (exact) mass is 448 g/mol. The Bertz CT molecular complexity index is 1140. The minimum Gasteiger partial charge on any atom is -0.484 e. The number of benzene rings is 3. The molecule has 0 atom stereocenters. The molecule has 156 valence electrons. The number of carbonyl (C=O) groups is 1. The molecule has 0 aliphatic heterocycles. The molecule has 3 aromatic rings. The summed E-state index contributed by atoms with van der Waals surface area (Å²) >= 11 is 5.68. The predicted octanol–water partition coefficient (Wildman–Crippen LogP) is 4.32. The van der Waals surface area contributed by atoms with E-state index in [9.17, 15) is 17.6 Å². The Morgan fingerprint density at radius 2 is 1.73 bits per heavy atom. The van der Waals surface area contributed by atoms with Crippen molar-refractivity contribution in [2.45, 2.75) is 4.90 Å². The molecule has 0 fully saturated rings. The summed E-state index contributed by atoms with van der Waals surface area (Å²) in [7, 11) is -2.22. The smallest absolute Gasteiger partial charge is 0.264 e. The first-order valence-electron chi connectivity index (χ1n) is 8.79. The number of nitrogens with zero attached hydrogens (tertiary/aromatic N) is 1. The summed E-state index contributed by atoms with van der Waals surface area (Å²) in [5.41, 5.74) is 0.787. The van der Waals surface area contributed by atoms with Gasteiger partial charge in [0.1, 0.15) is 11.6 Å². The molecular formula is C21H18ClFN2O4S. The highest BCUT2D eigenvalue weighted by Crippen LogP contribution is 2.24. The van der Waals surface area contributed by atoms with Crippen LogP contribution in [0.3, 0.4) is 0 Å². The van der Waals surface area contributed by atoms with Crippen molar-refractivity contribution in [2.75, 3.05) is 23.3 Å². The number of amides is 1. The molecule has 0 saturated heterocycles. The summed E-state index contributed by atoms with van der Waals surface area (Å²) < 4.78 is 45.1. The van der Waals surface area contributed by atoms with E-state index in [1.165, 1.54) is 31.3 Å². The Hall–Kier alpha value is -3.10. The third-order valence-electron chi connectivity index (χ3n) is 4.18. The normalized spacial score (nSPS) is 11.0. The van der Waals surface area contributed by atoms with Crippen molar-refractivity contribution >= 4 is 38.9 Å². The van der Waals surface area contributed by atoms with Crippen molar-refractivity contribution in [1.29, 1.82) is 0 Å². The second-order valence-electron chi connectivity index (χ2n) is 6.25. The first kappa shape index (κ1) is 21.6. The van der Waals surface area contributed by atoms with Gasteiger partial charge in [-0.2, -0.15) is 0 Å². The Balaban J connectivity index is 1.60. The van der Waals surface area contributed by atoms with Gasteiger partial charge in [-0.3, -0.25) is 9.10 Å². The lowest BCUT2D eigenvalue weighted by Gasteiger charge is -2.19. The summed E-state index contributed by atoms with van der Waals surface area (Å²) in [5, 5.41) is 2.45. The van der Waals surface area contributed by atoms with Crippen molar-refractivity contribution in [1.82, 2.24) is 0 Å². The van der Waals surface area contributed by atoms with Gasteiger partial charge < -0.3 is 10.1 Å². The summed E-state index contributed by atoms with van der Waals surface area (Å²) in [5.74, 6) is -0.646. The van der Waals surface area contributed by atoms with Gasteiger partial charge in [0.2, 0.25) is 0 Å². The van der Waals surface area contributed by atoms with E-state index < -0.39 is 21.7 Å². The predicted molar refractivity (Wildman–Crippen MR) is 114 cm³/mol. The van der Waals surface area contributed by atoms with E-state index in [4.69, 9.17) is 16.3 Å². The van der Waals surface area contributed by atoms with Crippen LogP contribution in [0.4, 0.5) is 15.8 Å². The fourth-order valence-electron chi connectivity index (χ4n) is 2.56. The highest BCUT2D eigenvalue weighted by atomic mass is 35.5. The van der Waals surface area contributed by atoms with Gasteiger partial charge in [0.15, 0.2) is 6.61 Å². The van der Waals surface area contributed by atoms with Crippen molar-refractivity contribution in [3.05, 3.63) is 83.6 Å². The van der Waals surface area contributed by atoms with Crippen LogP contribution in [0.5, 0.6) is 5.75 Å². The number of carbonyl (C=O) groups excluding carboxylic acids is 1. The summed E-state index contributed by atoms with van der Waals surface area (Å²) in [6.45, 7) is -0.285. The van der Waals surface area contributed by atoms with Gasteiger partial charge in [-0.25, -0.2) is 12.8 Å². The van der Waals surface area contributed by atoms with Crippen LogP contribution in [-0.2, 0) is 14.8 Å². The Morgan fingerprint density at radius 3 is 2.37 bits per heavy atom. The van der Waals surface area contributed by atoms with Crippen LogP contribution >= 0.6 is 11.6 Å². The van der Waals surface area contributed by atoms with Crippen LogP contribution in [0.1, 0.15) is 0 Å². The van der Waals surface area contributed by atoms with Gasteiger partial charge in [0, 0.05) is 12.7 Å². The quantitative estimate of drug-likeness (QED) is 0.584. The van der Waals surface area contributed by atoms with E-state index in [0.29, 0.717) is 17.1 Å². The number of anilines is 2. The number of halogens is 2. The molecular weight excluding hydrogens is 431 g/mol. The Morgan fingerprint density at radius 1 is 1.07 bits per heavy atom. The molecule has 0 aromatic heterocycles. The Kier molecular flexibility index (Phi) is 6.59. The lowest BCUT2D eigenvalue weighted by Crippen LogP contribution is -2.26. The molecule has 3 rings (SSSR count). The molecule has 1 amide bonds.